The molecule has 2 bridgehead atoms. The average molecular weight is 299 g/mol. The molecule has 0 aromatic carbocycles. The van der Waals surface area contributed by atoms with Crippen LogP contribution in [0.1, 0.15) is 23.2 Å². The van der Waals surface area contributed by atoms with Crippen LogP contribution in [0.3, 0.4) is 0 Å². The number of nitrogens with zero attached hydrogens (tertiary/aromatic N) is 2. The standard InChI is InChI=1S/C16H17N3O3/c1-22-16(21)13-8-19(7-12-14(13)17-18-15(12)20)6-11-5-9-2-3-10(11)4-9/h2-3,7-11H,4-6H2,1H3,(H,18,20)/t9-,10-,11+/m0/s1. The second kappa shape index (κ2) is 4.83. The molecule has 3 atom stereocenters. The zero-order chi connectivity index (χ0) is 15.3. The highest BCUT2D eigenvalue weighted by Crippen LogP contribution is 2.44. The van der Waals surface area contributed by atoms with Crippen LogP contribution in [-0.2, 0) is 11.3 Å². The monoisotopic (exact) mass is 299 g/mol. The molecule has 0 unspecified atom stereocenters. The molecule has 1 N–H and O–H groups in total. The summed E-state index contributed by atoms with van der Waals surface area (Å²) in [6, 6.07) is 0. The summed E-state index contributed by atoms with van der Waals surface area (Å²) in [7, 11) is 1.33. The SMILES string of the molecule is COC(=O)c1cn(C[C@H]2C[C@H]3C=C[C@H]2C3)cc2c(=O)[nH]nc1-2. The first-order valence-corrected chi connectivity index (χ1v) is 7.50. The molecule has 2 aliphatic heterocycles. The molecule has 22 heavy (non-hydrogen) atoms. The van der Waals surface area contributed by atoms with E-state index in [-0.39, 0.29) is 5.56 Å². The molecule has 0 amide bonds. The number of ether oxygens (including phenoxy) is 1. The molecule has 0 aromatic rings. The van der Waals surface area contributed by atoms with E-state index in [9.17, 15) is 9.59 Å². The zero-order valence-electron chi connectivity index (χ0n) is 12.3. The van der Waals surface area contributed by atoms with Gasteiger partial charge in [0.2, 0.25) is 0 Å². The number of allylic oxidation sites excluding steroid dienone is 2. The third-order valence-corrected chi connectivity index (χ3v) is 4.88. The van der Waals surface area contributed by atoms with E-state index in [1.165, 1.54) is 20.0 Å². The fourth-order valence-corrected chi connectivity index (χ4v) is 3.83. The van der Waals surface area contributed by atoms with Crippen molar-refractivity contribution < 1.29 is 9.53 Å². The topological polar surface area (TPSA) is 77.0 Å². The quantitative estimate of drug-likeness (QED) is 0.691. The van der Waals surface area contributed by atoms with Crippen molar-refractivity contribution in [3.8, 4) is 11.3 Å². The highest BCUT2D eigenvalue weighted by molar-refractivity contribution is 5.95. The minimum atomic E-state index is -0.473. The largest absolute Gasteiger partial charge is 0.465 e. The Labute approximate surface area is 127 Å². The van der Waals surface area contributed by atoms with Gasteiger partial charge >= 0.3 is 5.97 Å². The molecule has 6 heteroatoms. The van der Waals surface area contributed by atoms with Crippen LogP contribution in [-0.4, -0.2) is 27.8 Å². The van der Waals surface area contributed by atoms with E-state index in [0.717, 1.165) is 6.54 Å². The molecular weight excluding hydrogens is 282 g/mol. The molecular formula is C16H17N3O3. The first-order chi connectivity index (χ1) is 10.7. The molecule has 114 valence electrons. The molecule has 4 rings (SSSR count). The van der Waals surface area contributed by atoms with Gasteiger partial charge in [0.15, 0.2) is 0 Å². The van der Waals surface area contributed by atoms with Gasteiger partial charge in [-0.25, -0.2) is 9.89 Å². The number of carbonyl (C=O) groups is 1. The predicted molar refractivity (Wildman–Crippen MR) is 79.7 cm³/mol. The van der Waals surface area contributed by atoms with Crippen LogP contribution in [0.2, 0.25) is 0 Å². The summed E-state index contributed by atoms with van der Waals surface area (Å²) >= 11 is 0. The Bertz CT molecular complexity index is 788. The van der Waals surface area contributed by atoms with Crippen LogP contribution in [0.4, 0.5) is 0 Å². The lowest BCUT2D eigenvalue weighted by Gasteiger charge is -2.20. The van der Waals surface area contributed by atoms with Gasteiger partial charge in [-0.3, -0.25) is 4.79 Å². The molecule has 2 heterocycles. The Morgan fingerprint density at radius 3 is 2.95 bits per heavy atom. The minimum absolute atomic E-state index is 0.276. The first kappa shape index (κ1) is 13.3. The third kappa shape index (κ3) is 1.98. The maximum atomic E-state index is 12.0. The van der Waals surface area contributed by atoms with Crippen LogP contribution >= 0.6 is 0 Å². The number of aromatic amines is 1. The summed E-state index contributed by atoms with van der Waals surface area (Å²) in [5.74, 6) is 1.40. The van der Waals surface area contributed by atoms with Gasteiger partial charge in [0, 0.05) is 18.9 Å². The highest BCUT2D eigenvalue weighted by Gasteiger charge is 2.35. The van der Waals surface area contributed by atoms with Gasteiger partial charge in [0.05, 0.1) is 12.7 Å². The van der Waals surface area contributed by atoms with E-state index in [2.05, 4.69) is 22.3 Å². The van der Waals surface area contributed by atoms with E-state index in [1.807, 2.05) is 4.57 Å². The van der Waals surface area contributed by atoms with Gasteiger partial charge in [0.1, 0.15) is 11.3 Å². The number of hydrogen-bond donors (Lipinski definition) is 1. The number of methoxy groups -OCH3 is 1. The highest BCUT2D eigenvalue weighted by atomic mass is 16.5. The second-order valence-corrected chi connectivity index (χ2v) is 6.22. The second-order valence-electron chi connectivity index (χ2n) is 6.22. The van der Waals surface area contributed by atoms with E-state index in [4.69, 9.17) is 4.74 Å². The predicted octanol–water partition coefficient (Wildman–Crippen LogP) is 1.67. The van der Waals surface area contributed by atoms with Crippen molar-refractivity contribution in [2.24, 2.45) is 17.8 Å². The number of rotatable bonds is 3. The van der Waals surface area contributed by atoms with Crippen molar-refractivity contribution in [1.29, 1.82) is 0 Å². The number of fused-ring (bicyclic) bond motifs is 3. The molecule has 0 aromatic heterocycles. The van der Waals surface area contributed by atoms with Crippen LogP contribution < -0.4 is 5.56 Å². The number of H-pyrrole nitrogens is 1. The van der Waals surface area contributed by atoms with E-state index in [0.29, 0.717) is 34.6 Å². The molecule has 0 saturated heterocycles. The molecule has 1 fully saturated rings. The lowest BCUT2D eigenvalue weighted by molar-refractivity contribution is 0.0600. The minimum Gasteiger partial charge on any atom is -0.465 e. The van der Waals surface area contributed by atoms with Crippen molar-refractivity contribution in [3.63, 3.8) is 0 Å². The van der Waals surface area contributed by atoms with Crippen molar-refractivity contribution in [3.05, 3.63) is 40.5 Å². The van der Waals surface area contributed by atoms with Crippen LogP contribution in [0.15, 0.2) is 29.3 Å². The summed E-state index contributed by atoms with van der Waals surface area (Å²) in [6.45, 7) is 0.802. The number of esters is 1. The molecule has 1 saturated carbocycles. The lowest BCUT2D eigenvalue weighted by Crippen LogP contribution is -2.18. The first-order valence-electron chi connectivity index (χ1n) is 7.50. The number of hydrogen-bond acceptors (Lipinski definition) is 4. The summed E-state index contributed by atoms with van der Waals surface area (Å²) in [6.07, 6.45) is 10.5. The Hall–Kier alpha value is -2.37. The van der Waals surface area contributed by atoms with E-state index < -0.39 is 5.97 Å². The van der Waals surface area contributed by atoms with Crippen molar-refractivity contribution in [2.75, 3.05) is 7.11 Å². The molecule has 4 aliphatic rings. The fraction of sp³-hybridized carbons (Fsp3) is 0.438. The van der Waals surface area contributed by atoms with Crippen LogP contribution in [0, 0.1) is 17.8 Å². The number of aromatic nitrogens is 3. The number of carbonyl (C=O) groups excluding carboxylic acids is 1. The van der Waals surface area contributed by atoms with Gasteiger partial charge in [-0.05, 0) is 30.6 Å². The summed E-state index contributed by atoms with van der Waals surface area (Å²) in [5, 5.41) is 6.34. The molecule has 2 aliphatic carbocycles. The average Bonchev–Trinajstić information content (AvgIpc) is 3.22. The smallest absolute Gasteiger partial charge is 0.341 e. The van der Waals surface area contributed by atoms with E-state index >= 15 is 0 Å². The number of pyridine rings is 1. The Balaban J connectivity index is 1.73. The van der Waals surface area contributed by atoms with Crippen molar-refractivity contribution in [1.82, 2.24) is 14.8 Å². The zero-order valence-corrected chi connectivity index (χ0v) is 12.3. The maximum Gasteiger partial charge on any atom is 0.341 e. The van der Waals surface area contributed by atoms with Crippen molar-refractivity contribution in [2.45, 2.75) is 19.4 Å². The van der Waals surface area contributed by atoms with Crippen LogP contribution in [0.5, 0.6) is 0 Å². The summed E-state index contributed by atoms with van der Waals surface area (Å²) < 4.78 is 6.74. The fourth-order valence-electron chi connectivity index (χ4n) is 3.83. The molecule has 0 radical (unpaired) electrons. The maximum absolute atomic E-state index is 12.0. The van der Waals surface area contributed by atoms with Gasteiger partial charge < -0.3 is 9.30 Å². The number of nitrogens with one attached hydrogen (secondary N) is 1. The van der Waals surface area contributed by atoms with Gasteiger partial charge in [-0.2, -0.15) is 5.10 Å². The molecule has 0 spiro atoms. The Morgan fingerprint density at radius 1 is 1.41 bits per heavy atom. The lowest BCUT2D eigenvalue weighted by atomic mass is 9.93. The van der Waals surface area contributed by atoms with Crippen LogP contribution in [0.25, 0.3) is 11.3 Å². The normalized spacial score (nSPS) is 26.0. The van der Waals surface area contributed by atoms with Gasteiger partial charge in [-0.15, -0.1) is 0 Å². The summed E-state index contributed by atoms with van der Waals surface area (Å²) in [4.78, 5) is 23.8. The summed E-state index contributed by atoms with van der Waals surface area (Å²) in [5.41, 5.74) is 0.863. The Kier molecular flexibility index (Phi) is 2.92. The van der Waals surface area contributed by atoms with Gasteiger partial charge in [0.25, 0.3) is 5.56 Å². The molecule has 6 nitrogen and oxygen atoms in total. The van der Waals surface area contributed by atoms with Gasteiger partial charge in [-0.1, -0.05) is 12.2 Å². The van der Waals surface area contributed by atoms with E-state index in [1.54, 1.807) is 12.4 Å². The Morgan fingerprint density at radius 2 is 2.27 bits per heavy atom. The third-order valence-electron chi connectivity index (χ3n) is 4.88. The van der Waals surface area contributed by atoms with Crippen molar-refractivity contribution >= 4 is 5.97 Å².